The summed E-state index contributed by atoms with van der Waals surface area (Å²) in [6.07, 6.45) is 2.99. The highest BCUT2D eigenvalue weighted by molar-refractivity contribution is 7.99. The number of rotatable bonds is 4. The Morgan fingerprint density at radius 1 is 1.28 bits per heavy atom. The summed E-state index contributed by atoms with van der Waals surface area (Å²) in [5.74, 6) is 0.604. The van der Waals surface area contributed by atoms with E-state index in [9.17, 15) is 5.11 Å². The third-order valence-corrected chi connectivity index (χ3v) is 3.84. The summed E-state index contributed by atoms with van der Waals surface area (Å²) in [5, 5.41) is 10.8. The number of aromatic nitrogens is 1. The molecule has 0 aliphatic heterocycles. The molecule has 0 amide bonds. The molecule has 18 heavy (non-hydrogen) atoms. The minimum absolute atomic E-state index is 0.502. The molecule has 1 atom stereocenters. The lowest BCUT2D eigenvalue weighted by Crippen LogP contribution is -2.01. The molecule has 1 heterocycles. The average Bonchev–Trinajstić information content (AvgIpc) is 2.38. The number of thioether (sulfide) groups is 1. The summed E-state index contributed by atoms with van der Waals surface area (Å²) in [5.41, 5.74) is 1.92. The van der Waals surface area contributed by atoms with E-state index in [-0.39, 0.29) is 0 Å². The average molecular weight is 280 g/mol. The van der Waals surface area contributed by atoms with E-state index in [1.165, 1.54) is 0 Å². The van der Waals surface area contributed by atoms with Crippen molar-refractivity contribution in [2.24, 2.45) is 0 Å². The molecule has 4 heteroatoms. The number of aryl methyl sites for hydroxylation is 1. The van der Waals surface area contributed by atoms with Crippen molar-refractivity contribution in [1.29, 1.82) is 0 Å². The number of pyridine rings is 1. The molecule has 1 N–H and O–H groups in total. The fraction of sp³-hybridized carbons (Fsp3) is 0.214. The summed E-state index contributed by atoms with van der Waals surface area (Å²) >= 11 is 7.42. The lowest BCUT2D eigenvalue weighted by atomic mass is 10.1. The molecule has 0 spiro atoms. The van der Waals surface area contributed by atoms with Gasteiger partial charge in [-0.25, -0.2) is 0 Å². The SMILES string of the molecule is Cc1cncc(C(O)CSc2ccc(Cl)cc2)c1. The van der Waals surface area contributed by atoms with Crippen molar-refractivity contribution >= 4 is 23.4 Å². The summed E-state index contributed by atoms with van der Waals surface area (Å²) < 4.78 is 0. The van der Waals surface area contributed by atoms with Crippen molar-refractivity contribution in [2.45, 2.75) is 17.9 Å². The molecule has 0 aliphatic carbocycles. The van der Waals surface area contributed by atoms with Gasteiger partial charge in [0, 0.05) is 28.1 Å². The van der Waals surface area contributed by atoms with Crippen molar-refractivity contribution < 1.29 is 5.11 Å². The third-order valence-electron chi connectivity index (χ3n) is 2.50. The number of aliphatic hydroxyl groups excluding tert-OH is 1. The predicted octanol–water partition coefficient (Wildman–Crippen LogP) is 3.87. The van der Waals surface area contributed by atoms with Gasteiger partial charge >= 0.3 is 0 Å². The van der Waals surface area contributed by atoms with Crippen molar-refractivity contribution in [1.82, 2.24) is 4.98 Å². The van der Waals surface area contributed by atoms with E-state index >= 15 is 0 Å². The van der Waals surface area contributed by atoms with Gasteiger partial charge in [0.1, 0.15) is 0 Å². The lowest BCUT2D eigenvalue weighted by molar-refractivity contribution is 0.203. The van der Waals surface area contributed by atoms with Crippen LogP contribution in [0.5, 0.6) is 0 Å². The molecule has 1 aromatic heterocycles. The third kappa shape index (κ3) is 3.73. The molecule has 2 nitrogen and oxygen atoms in total. The largest absolute Gasteiger partial charge is 0.387 e. The molecule has 0 fully saturated rings. The van der Waals surface area contributed by atoms with Crippen LogP contribution in [-0.2, 0) is 0 Å². The van der Waals surface area contributed by atoms with Crippen LogP contribution in [0.3, 0.4) is 0 Å². The zero-order valence-electron chi connectivity index (χ0n) is 10.0. The van der Waals surface area contributed by atoms with Gasteiger partial charge in [0.25, 0.3) is 0 Å². The molecule has 2 aromatic rings. The highest BCUT2D eigenvalue weighted by Crippen LogP contribution is 2.25. The van der Waals surface area contributed by atoms with Gasteiger partial charge in [-0.3, -0.25) is 4.98 Å². The van der Waals surface area contributed by atoms with Gasteiger partial charge < -0.3 is 5.11 Å². The Kier molecular flexibility index (Phi) is 4.64. The van der Waals surface area contributed by atoms with Gasteiger partial charge in [-0.05, 0) is 42.3 Å². The van der Waals surface area contributed by atoms with Crippen LogP contribution in [0.2, 0.25) is 5.02 Å². The number of hydrogen-bond donors (Lipinski definition) is 1. The molecule has 1 unspecified atom stereocenters. The van der Waals surface area contributed by atoms with Crippen molar-refractivity contribution in [2.75, 3.05) is 5.75 Å². The van der Waals surface area contributed by atoms with Gasteiger partial charge in [0.05, 0.1) is 6.10 Å². The summed E-state index contributed by atoms with van der Waals surface area (Å²) in [7, 11) is 0. The van der Waals surface area contributed by atoms with E-state index in [2.05, 4.69) is 4.98 Å². The Labute approximate surface area is 116 Å². The lowest BCUT2D eigenvalue weighted by Gasteiger charge is -2.10. The minimum Gasteiger partial charge on any atom is -0.387 e. The van der Waals surface area contributed by atoms with Crippen molar-refractivity contribution in [3.8, 4) is 0 Å². The Balaban J connectivity index is 1.96. The van der Waals surface area contributed by atoms with Gasteiger partial charge in [0.2, 0.25) is 0 Å². The van der Waals surface area contributed by atoms with Crippen LogP contribution in [-0.4, -0.2) is 15.8 Å². The van der Waals surface area contributed by atoms with Crippen molar-refractivity contribution in [3.63, 3.8) is 0 Å². The molecule has 0 bridgehead atoms. The zero-order valence-corrected chi connectivity index (χ0v) is 11.6. The number of halogens is 1. The quantitative estimate of drug-likeness (QED) is 0.863. The first-order valence-corrected chi connectivity index (χ1v) is 6.99. The number of nitrogens with zero attached hydrogens (tertiary/aromatic N) is 1. The second kappa shape index (κ2) is 6.23. The predicted molar refractivity (Wildman–Crippen MR) is 76.1 cm³/mol. The Hall–Kier alpha value is -1.03. The number of hydrogen-bond acceptors (Lipinski definition) is 3. The number of benzene rings is 1. The molecule has 0 radical (unpaired) electrons. The molecule has 94 valence electrons. The van der Waals surface area contributed by atoms with Crippen LogP contribution >= 0.6 is 23.4 Å². The summed E-state index contributed by atoms with van der Waals surface area (Å²) in [6, 6.07) is 9.57. The Morgan fingerprint density at radius 3 is 2.67 bits per heavy atom. The zero-order chi connectivity index (χ0) is 13.0. The second-order valence-corrected chi connectivity index (χ2v) is 5.61. The first kappa shape index (κ1) is 13.4. The first-order valence-electron chi connectivity index (χ1n) is 5.63. The highest BCUT2D eigenvalue weighted by Gasteiger charge is 2.08. The van der Waals surface area contributed by atoms with Gasteiger partial charge in [-0.15, -0.1) is 11.8 Å². The molecule has 2 rings (SSSR count). The standard InChI is InChI=1S/C14H14ClNOS/c1-10-6-11(8-16-7-10)14(17)9-18-13-4-2-12(15)3-5-13/h2-8,14,17H,9H2,1H3. The smallest absolute Gasteiger partial charge is 0.0898 e. The molecule has 1 aromatic carbocycles. The maximum Gasteiger partial charge on any atom is 0.0898 e. The maximum absolute atomic E-state index is 10.1. The van der Waals surface area contributed by atoms with Crippen molar-refractivity contribution in [3.05, 3.63) is 58.9 Å². The van der Waals surface area contributed by atoms with Crippen LogP contribution in [0.1, 0.15) is 17.2 Å². The van der Waals surface area contributed by atoms with Crippen LogP contribution in [0, 0.1) is 6.92 Å². The van der Waals surface area contributed by atoms with Crippen LogP contribution in [0.25, 0.3) is 0 Å². The highest BCUT2D eigenvalue weighted by atomic mass is 35.5. The van der Waals surface area contributed by atoms with Gasteiger partial charge in [0.15, 0.2) is 0 Å². The fourth-order valence-corrected chi connectivity index (χ4v) is 2.56. The maximum atomic E-state index is 10.1. The molecular formula is C14H14ClNOS. The fourth-order valence-electron chi connectivity index (χ4n) is 1.56. The monoisotopic (exact) mass is 279 g/mol. The summed E-state index contributed by atoms with van der Waals surface area (Å²) in [4.78, 5) is 5.18. The van der Waals surface area contributed by atoms with E-state index in [0.717, 1.165) is 21.0 Å². The van der Waals surface area contributed by atoms with Crippen LogP contribution in [0.4, 0.5) is 0 Å². The number of aliphatic hydroxyl groups is 1. The second-order valence-electron chi connectivity index (χ2n) is 4.08. The topological polar surface area (TPSA) is 33.1 Å². The molecule has 0 saturated heterocycles. The van der Waals surface area contributed by atoms with E-state index < -0.39 is 6.10 Å². The van der Waals surface area contributed by atoms with Gasteiger partial charge in [-0.2, -0.15) is 0 Å². The Bertz CT molecular complexity index is 515. The molecular weight excluding hydrogens is 266 g/mol. The van der Waals surface area contributed by atoms with Crippen LogP contribution in [0.15, 0.2) is 47.6 Å². The minimum atomic E-state index is -0.502. The summed E-state index contributed by atoms with van der Waals surface area (Å²) in [6.45, 7) is 1.97. The van der Waals surface area contributed by atoms with Crippen LogP contribution < -0.4 is 0 Å². The molecule has 0 saturated carbocycles. The first-order chi connectivity index (χ1) is 8.65. The van der Waals surface area contributed by atoms with Gasteiger partial charge in [-0.1, -0.05) is 17.7 Å². The van der Waals surface area contributed by atoms with E-state index in [0.29, 0.717) is 5.75 Å². The van der Waals surface area contributed by atoms with E-state index in [1.54, 1.807) is 24.2 Å². The Morgan fingerprint density at radius 2 is 2.00 bits per heavy atom. The molecule has 0 aliphatic rings. The van der Waals surface area contributed by atoms with E-state index in [4.69, 9.17) is 11.6 Å². The van der Waals surface area contributed by atoms with E-state index in [1.807, 2.05) is 37.3 Å². The normalized spacial score (nSPS) is 12.4.